The normalized spacial score (nSPS) is 19.6. The second-order valence-corrected chi connectivity index (χ2v) is 4.31. The number of benzene rings is 1. The molecule has 0 radical (unpaired) electrons. The van der Waals surface area contributed by atoms with Crippen LogP contribution in [-0.4, -0.2) is 24.0 Å². The maximum absolute atomic E-state index is 8.72. The summed E-state index contributed by atoms with van der Waals surface area (Å²) in [6.45, 7) is 2.84. The summed E-state index contributed by atoms with van der Waals surface area (Å²) in [5.41, 5.74) is 7.72. The molecular formula is C13H18ClN3. The number of likely N-dealkylation sites (tertiary alicyclic amines) is 1. The van der Waals surface area contributed by atoms with Crippen LogP contribution in [0.1, 0.15) is 24.0 Å². The van der Waals surface area contributed by atoms with Crippen LogP contribution in [-0.2, 0) is 6.54 Å². The van der Waals surface area contributed by atoms with Crippen molar-refractivity contribution >= 4 is 12.4 Å². The molecule has 92 valence electrons. The van der Waals surface area contributed by atoms with Gasteiger partial charge in [0, 0.05) is 19.1 Å². The molecule has 1 aromatic rings. The van der Waals surface area contributed by atoms with E-state index in [1.54, 1.807) is 0 Å². The first-order valence-electron chi connectivity index (χ1n) is 5.76. The van der Waals surface area contributed by atoms with Gasteiger partial charge in [-0.3, -0.25) is 4.90 Å². The van der Waals surface area contributed by atoms with Gasteiger partial charge < -0.3 is 5.73 Å². The van der Waals surface area contributed by atoms with E-state index in [-0.39, 0.29) is 12.4 Å². The van der Waals surface area contributed by atoms with Gasteiger partial charge in [0.15, 0.2) is 0 Å². The van der Waals surface area contributed by atoms with Crippen LogP contribution in [0.3, 0.4) is 0 Å². The van der Waals surface area contributed by atoms with E-state index in [0.717, 1.165) is 25.2 Å². The quantitative estimate of drug-likeness (QED) is 0.893. The highest BCUT2D eigenvalue weighted by Crippen LogP contribution is 2.19. The lowest BCUT2D eigenvalue weighted by atomic mass is 10.1. The number of hydrogen-bond acceptors (Lipinski definition) is 3. The summed E-state index contributed by atoms with van der Waals surface area (Å²) in [4.78, 5) is 2.43. The van der Waals surface area contributed by atoms with E-state index in [0.29, 0.717) is 6.04 Å². The summed E-state index contributed by atoms with van der Waals surface area (Å²) < 4.78 is 0. The third-order valence-electron chi connectivity index (χ3n) is 3.24. The van der Waals surface area contributed by atoms with Crippen molar-refractivity contribution in [1.82, 2.24) is 4.90 Å². The number of rotatable bonds is 3. The predicted octanol–water partition coefficient (Wildman–Crippen LogP) is 1.90. The third kappa shape index (κ3) is 3.44. The zero-order chi connectivity index (χ0) is 11.4. The van der Waals surface area contributed by atoms with Crippen molar-refractivity contribution in [3.05, 3.63) is 35.4 Å². The van der Waals surface area contributed by atoms with Crippen LogP contribution in [0.25, 0.3) is 0 Å². The molecule has 1 fully saturated rings. The molecule has 1 heterocycles. The van der Waals surface area contributed by atoms with E-state index in [1.807, 2.05) is 24.3 Å². The minimum Gasteiger partial charge on any atom is -0.329 e. The summed E-state index contributed by atoms with van der Waals surface area (Å²) in [7, 11) is 0. The topological polar surface area (TPSA) is 53.0 Å². The monoisotopic (exact) mass is 251 g/mol. The second kappa shape index (κ2) is 6.61. The Morgan fingerprint density at radius 1 is 1.35 bits per heavy atom. The SMILES string of the molecule is Cl.N#Cc1ccc(CN2CCCC2CN)cc1. The van der Waals surface area contributed by atoms with E-state index < -0.39 is 0 Å². The van der Waals surface area contributed by atoms with Crippen molar-refractivity contribution in [2.75, 3.05) is 13.1 Å². The summed E-state index contributed by atoms with van der Waals surface area (Å²) in [6, 6.07) is 10.5. The maximum Gasteiger partial charge on any atom is 0.0991 e. The molecule has 0 saturated carbocycles. The highest BCUT2D eigenvalue weighted by molar-refractivity contribution is 5.85. The molecule has 3 nitrogen and oxygen atoms in total. The molecule has 0 aromatic heterocycles. The van der Waals surface area contributed by atoms with Crippen LogP contribution in [0, 0.1) is 11.3 Å². The maximum atomic E-state index is 8.72. The first-order valence-corrected chi connectivity index (χ1v) is 5.76. The van der Waals surface area contributed by atoms with Crippen LogP contribution in [0.5, 0.6) is 0 Å². The van der Waals surface area contributed by atoms with Crippen LogP contribution >= 0.6 is 12.4 Å². The number of nitrogens with two attached hydrogens (primary N) is 1. The van der Waals surface area contributed by atoms with Crippen LogP contribution < -0.4 is 5.73 Å². The summed E-state index contributed by atoms with van der Waals surface area (Å²) in [5.74, 6) is 0. The fourth-order valence-corrected chi connectivity index (χ4v) is 2.29. The Kier molecular flexibility index (Phi) is 5.43. The Labute approximate surface area is 109 Å². The van der Waals surface area contributed by atoms with Gasteiger partial charge in [-0.25, -0.2) is 0 Å². The number of nitrogens with zero attached hydrogens (tertiary/aromatic N) is 2. The van der Waals surface area contributed by atoms with Crippen molar-refractivity contribution in [2.24, 2.45) is 5.73 Å². The molecule has 1 aliphatic heterocycles. The lowest BCUT2D eigenvalue weighted by Crippen LogP contribution is -2.34. The first-order chi connectivity index (χ1) is 7.83. The standard InChI is InChI=1S/C13H17N3.ClH/c14-8-11-3-5-12(6-4-11)10-16-7-1-2-13(16)9-15;/h3-6,13H,1-2,7,9-10,15H2;1H. The predicted molar refractivity (Wildman–Crippen MR) is 70.9 cm³/mol. The summed E-state index contributed by atoms with van der Waals surface area (Å²) in [5, 5.41) is 8.72. The second-order valence-electron chi connectivity index (χ2n) is 4.31. The van der Waals surface area contributed by atoms with Crippen LogP contribution in [0.4, 0.5) is 0 Å². The Morgan fingerprint density at radius 3 is 2.65 bits per heavy atom. The van der Waals surface area contributed by atoms with E-state index in [4.69, 9.17) is 11.0 Å². The van der Waals surface area contributed by atoms with E-state index in [2.05, 4.69) is 11.0 Å². The van der Waals surface area contributed by atoms with Gasteiger partial charge in [0.1, 0.15) is 0 Å². The molecule has 4 heteroatoms. The van der Waals surface area contributed by atoms with Crippen molar-refractivity contribution in [2.45, 2.75) is 25.4 Å². The van der Waals surface area contributed by atoms with E-state index in [9.17, 15) is 0 Å². The average Bonchev–Trinajstić information content (AvgIpc) is 2.77. The summed E-state index contributed by atoms with van der Waals surface area (Å²) in [6.07, 6.45) is 2.46. The smallest absolute Gasteiger partial charge is 0.0991 e. The van der Waals surface area contributed by atoms with Gasteiger partial charge in [-0.15, -0.1) is 12.4 Å². The van der Waals surface area contributed by atoms with Gasteiger partial charge in [0.05, 0.1) is 11.6 Å². The van der Waals surface area contributed by atoms with Gasteiger partial charge in [-0.1, -0.05) is 12.1 Å². The molecule has 2 N–H and O–H groups in total. The molecule has 1 unspecified atom stereocenters. The number of halogens is 1. The lowest BCUT2D eigenvalue weighted by molar-refractivity contribution is 0.250. The lowest BCUT2D eigenvalue weighted by Gasteiger charge is -2.23. The molecule has 2 rings (SSSR count). The molecule has 0 spiro atoms. The highest BCUT2D eigenvalue weighted by Gasteiger charge is 2.22. The molecule has 1 aliphatic rings. The molecule has 1 saturated heterocycles. The fourth-order valence-electron chi connectivity index (χ4n) is 2.29. The minimum absolute atomic E-state index is 0. The van der Waals surface area contributed by atoms with Gasteiger partial charge in [0.25, 0.3) is 0 Å². The van der Waals surface area contributed by atoms with Crippen molar-refractivity contribution in [3.8, 4) is 6.07 Å². The third-order valence-corrected chi connectivity index (χ3v) is 3.24. The van der Waals surface area contributed by atoms with Gasteiger partial charge in [-0.2, -0.15) is 5.26 Å². The van der Waals surface area contributed by atoms with Crippen LogP contribution in [0.15, 0.2) is 24.3 Å². The first kappa shape index (κ1) is 14.0. The highest BCUT2D eigenvalue weighted by atomic mass is 35.5. The van der Waals surface area contributed by atoms with Gasteiger partial charge >= 0.3 is 0 Å². The van der Waals surface area contributed by atoms with E-state index in [1.165, 1.54) is 18.4 Å². The molecule has 0 amide bonds. The van der Waals surface area contributed by atoms with Crippen LogP contribution in [0.2, 0.25) is 0 Å². The molecule has 1 atom stereocenters. The molecular weight excluding hydrogens is 234 g/mol. The van der Waals surface area contributed by atoms with Crippen molar-refractivity contribution < 1.29 is 0 Å². The zero-order valence-corrected chi connectivity index (χ0v) is 10.6. The number of nitriles is 1. The molecule has 17 heavy (non-hydrogen) atoms. The zero-order valence-electron chi connectivity index (χ0n) is 9.80. The largest absolute Gasteiger partial charge is 0.329 e. The molecule has 1 aromatic carbocycles. The average molecular weight is 252 g/mol. The van der Waals surface area contributed by atoms with Crippen molar-refractivity contribution in [1.29, 1.82) is 5.26 Å². The Morgan fingerprint density at radius 2 is 2.06 bits per heavy atom. The Balaban J connectivity index is 0.00000144. The molecule has 0 aliphatic carbocycles. The van der Waals surface area contributed by atoms with E-state index >= 15 is 0 Å². The number of hydrogen-bond donors (Lipinski definition) is 1. The Bertz CT molecular complexity index is 383. The molecule has 0 bridgehead atoms. The summed E-state index contributed by atoms with van der Waals surface area (Å²) >= 11 is 0. The van der Waals surface area contributed by atoms with Gasteiger partial charge in [0.2, 0.25) is 0 Å². The van der Waals surface area contributed by atoms with Gasteiger partial charge in [-0.05, 0) is 37.1 Å². The fraction of sp³-hybridized carbons (Fsp3) is 0.462. The Hall–Kier alpha value is -1.08. The van der Waals surface area contributed by atoms with Crippen molar-refractivity contribution in [3.63, 3.8) is 0 Å². The minimum atomic E-state index is 0.